The van der Waals surface area contributed by atoms with Crippen LogP contribution in [0, 0.1) is 0 Å². The van der Waals surface area contributed by atoms with Crippen LogP contribution in [0.2, 0.25) is 0 Å². The van der Waals surface area contributed by atoms with Crippen LogP contribution in [0.5, 0.6) is 5.75 Å². The number of hydrogen-bond acceptors (Lipinski definition) is 3. The molecule has 0 bridgehead atoms. The summed E-state index contributed by atoms with van der Waals surface area (Å²) < 4.78 is 10.5. The van der Waals surface area contributed by atoms with Crippen LogP contribution in [0.1, 0.15) is 21.5 Å². The third kappa shape index (κ3) is 3.06. The van der Waals surface area contributed by atoms with Crippen molar-refractivity contribution in [2.45, 2.75) is 0 Å². The van der Waals surface area contributed by atoms with Gasteiger partial charge in [-0.1, -0.05) is 36.4 Å². The molecular weight excluding hydrogens is 252 g/mol. The Bertz CT molecular complexity index is 615. The highest BCUT2D eigenvalue weighted by Crippen LogP contribution is 2.23. The molecule has 0 aliphatic carbocycles. The van der Waals surface area contributed by atoms with Crippen molar-refractivity contribution in [2.24, 2.45) is 0 Å². The van der Waals surface area contributed by atoms with E-state index in [-0.39, 0.29) is 0 Å². The van der Waals surface area contributed by atoms with Crippen molar-refractivity contribution in [1.82, 2.24) is 0 Å². The van der Waals surface area contributed by atoms with E-state index in [0.29, 0.717) is 17.1 Å². The summed E-state index contributed by atoms with van der Waals surface area (Å²) in [5.74, 6) is 1.36. The molecule has 3 heteroatoms. The van der Waals surface area contributed by atoms with Crippen molar-refractivity contribution < 1.29 is 14.3 Å². The van der Waals surface area contributed by atoms with Crippen LogP contribution in [0.25, 0.3) is 11.8 Å². The van der Waals surface area contributed by atoms with Crippen LogP contribution < -0.4 is 4.74 Å². The predicted octanol–water partition coefficient (Wildman–Crippen LogP) is 3.65. The molecule has 0 aliphatic rings. The average Bonchev–Trinajstić information content (AvgIpc) is 2.53. The van der Waals surface area contributed by atoms with Gasteiger partial charge in [-0.25, -0.2) is 0 Å². The monoisotopic (exact) mass is 268 g/mol. The van der Waals surface area contributed by atoms with Crippen LogP contribution in [0.15, 0.2) is 48.5 Å². The Balaban J connectivity index is 2.45. The van der Waals surface area contributed by atoms with E-state index in [0.717, 1.165) is 17.4 Å². The summed E-state index contributed by atoms with van der Waals surface area (Å²) in [6, 6.07) is 15.1. The fraction of sp³-hybridized carbons (Fsp3) is 0.118. The molecule has 0 saturated heterocycles. The number of carbonyl (C=O) groups is 1. The Labute approximate surface area is 118 Å². The van der Waals surface area contributed by atoms with E-state index in [1.807, 2.05) is 48.5 Å². The van der Waals surface area contributed by atoms with Gasteiger partial charge in [0.1, 0.15) is 11.5 Å². The highest BCUT2D eigenvalue weighted by atomic mass is 16.5. The maximum Gasteiger partial charge on any atom is 0.150 e. The molecule has 20 heavy (non-hydrogen) atoms. The van der Waals surface area contributed by atoms with Gasteiger partial charge in [-0.2, -0.15) is 0 Å². The third-order valence-corrected chi connectivity index (χ3v) is 2.99. The molecule has 0 radical (unpaired) electrons. The molecule has 0 unspecified atom stereocenters. The van der Waals surface area contributed by atoms with E-state index < -0.39 is 0 Å². The number of benzene rings is 2. The van der Waals surface area contributed by atoms with Crippen LogP contribution in [-0.4, -0.2) is 20.5 Å². The Morgan fingerprint density at radius 1 is 1.00 bits per heavy atom. The van der Waals surface area contributed by atoms with E-state index in [4.69, 9.17) is 9.47 Å². The van der Waals surface area contributed by atoms with Gasteiger partial charge in [0.25, 0.3) is 0 Å². The maximum absolute atomic E-state index is 11.2. The van der Waals surface area contributed by atoms with Gasteiger partial charge in [0.15, 0.2) is 6.29 Å². The summed E-state index contributed by atoms with van der Waals surface area (Å²) in [5.41, 5.74) is 2.32. The third-order valence-electron chi connectivity index (χ3n) is 2.99. The predicted molar refractivity (Wildman–Crippen MR) is 79.7 cm³/mol. The lowest BCUT2D eigenvalue weighted by Crippen LogP contribution is -1.92. The van der Waals surface area contributed by atoms with Crippen LogP contribution in [0.3, 0.4) is 0 Å². The molecule has 2 aromatic carbocycles. The standard InChI is InChI=1S/C17H16O3/c1-19-16-9-8-14(15(10-16)12-18)11-17(20-2)13-6-4-3-5-7-13/h3-12H,1-2H3/b17-11+. The molecule has 0 atom stereocenters. The molecule has 0 fully saturated rings. The molecular formula is C17H16O3. The summed E-state index contributed by atoms with van der Waals surface area (Å²) in [7, 11) is 3.19. The van der Waals surface area contributed by atoms with Gasteiger partial charge >= 0.3 is 0 Å². The second-order valence-electron chi connectivity index (χ2n) is 4.19. The van der Waals surface area contributed by atoms with Crippen molar-refractivity contribution in [1.29, 1.82) is 0 Å². The summed E-state index contributed by atoms with van der Waals surface area (Å²) >= 11 is 0. The summed E-state index contributed by atoms with van der Waals surface area (Å²) in [6.07, 6.45) is 2.66. The molecule has 0 spiro atoms. The van der Waals surface area contributed by atoms with Crippen molar-refractivity contribution in [3.8, 4) is 5.75 Å². The first-order chi connectivity index (χ1) is 9.78. The molecule has 0 aromatic heterocycles. The van der Waals surface area contributed by atoms with Gasteiger partial charge in [-0.05, 0) is 23.8 Å². The second-order valence-corrected chi connectivity index (χ2v) is 4.19. The van der Waals surface area contributed by atoms with E-state index in [1.54, 1.807) is 20.3 Å². The molecule has 3 nitrogen and oxygen atoms in total. The average molecular weight is 268 g/mol. The summed E-state index contributed by atoms with van der Waals surface area (Å²) in [4.78, 5) is 11.2. The highest BCUT2D eigenvalue weighted by molar-refractivity contribution is 5.87. The summed E-state index contributed by atoms with van der Waals surface area (Å²) in [5, 5.41) is 0. The van der Waals surface area contributed by atoms with Gasteiger partial charge in [-0.15, -0.1) is 0 Å². The minimum atomic E-state index is 0.565. The first-order valence-corrected chi connectivity index (χ1v) is 6.23. The molecule has 0 N–H and O–H groups in total. The van der Waals surface area contributed by atoms with E-state index in [1.165, 1.54) is 0 Å². The number of aldehydes is 1. The molecule has 0 amide bonds. The van der Waals surface area contributed by atoms with E-state index in [9.17, 15) is 4.79 Å². The Morgan fingerprint density at radius 3 is 2.35 bits per heavy atom. The minimum Gasteiger partial charge on any atom is -0.497 e. The van der Waals surface area contributed by atoms with Gasteiger partial charge in [0, 0.05) is 11.1 Å². The van der Waals surface area contributed by atoms with Crippen LogP contribution >= 0.6 is 0 Å². The van der Waals surface area contributed by atoms with E-state index >= 15 is 0 Å². The van der Waals surface area contributed by atoms with Crippen LogP contribution in [0.4, 0.5) is 0 Å². The van der Waals surface area contributed by atoms with Crippen LogP contribution in [-0.2, 0) is 4.74 Å². The zero-order valence-electron chi connectivity index (χ0n) is 11.5. The number of carbonyl (C=O) groups excluding carboxylic acids is 1. The van der Waals surface area contributed by atoms with Crippen molar-refractivity contribution in [2.75, 3.05) is 14.2 Å². The largest absolute Gasteiger partial charge is 0.497 e. The Morgan fingerprint density at radius 2 is 1.75 bits per heavy atom. The number of methoxy groups -OCH3 is 2. The molecule has 102 valence electrons. The lowest BCUT2D eigenvalue weighted by Gasteiger charge is -2.08. The lowest BCUT2D eigenvalue weighted by atomic mass is 10.1. The molecule has 2 aromatic rings. The van der Waals surface area contributed by atoms with Crippen molar-refractivity contribution in [3.63, 3.8) is 0 Å². The minimum absolute atomic E-state index is 0.565. The van der Waals surface area contributed by atoms with Gasteiger partial charge in [0.2, 0.25) is 0 Å². The zero-order valence-corrected chi connectivity index (χ0v) is 11.5. The summed E-state index contributed by atoms with van der Waals surface area (Å²) in [6.45, 7) is 0. The second kappa shape index (κ2) is 6.57. The van der Waals surface area contributed by atoms with E-state index in [2.05, 4.69) is 0 Å². The first-order valence-electron chi connectivity index (χ1n) is 6.23. The molecule has 0 aliphatic heterocycles. The lowest BCUT2D eigenvalue weighted by molar-refractivity contribution is 0.112. The number of rotatable bonds is 5. The number of hydrogen-bond donors (Lipinski definition) is 0. The highest BCUT2D eigenvalue weighted by Gasteiger charge is 2.05. The molecule has 0 saturated carbocycles. The Kier molecular flexibility index (Phi) is 4.56. The quantitative estimate of drug-likeness (QED) is 0.471. The molecule has 0 heterocycles. The normalized spacial score (nSPS) is 11.0. The SMILES string of the molecule is CO/C(=C/c1ccc(OC)cc1C=O)c1ccccc1. The van der Waals surface area contributed by atoms with Gasteiger partial charge in [0.05, 0.1) is 14.2 Å². The van der Waals surface area contributed by atoms with Gasteiger partial charge < -0.3 is 9.47 Å². The number of ether oxygens (including phenoxy) is 2. The Hall–Kier alpha value is -2.55. The molecule has 2 rings (SSSR count). The maximum atomic E-state index is 11.2. The fourth-order valence-corrected chi connectivity index (χ4v) is 1.92. The van der Waals surface area contributed by atoms with Crippen molar-refractivity contribution >= 4 is 18.1 Å². The topological polar surface area (TPSA) is 35.5 Å². The smallest absolute Gasteiger partial charge is 0.150 e. The van der Waals surface area contributed by atoms with Crippen molar-refractivity contribution in [3.05, 3.63) is 65.2 Å². The zero-order chi connectivity index (χ0) is 14.4. The van der Waals surface area contributed by atoms with Gasteiger partial charge in [-0.3, -0.25) is 4.79 Å². The first kappa shape index (κ1) is 13.9. The fourth-order valence-electron chi connectivity index (χ4n) is 1.92.